The van der Waals surface area contributed by atoms with E-state index >= 15 is 0 Å². The van der Waals surface area contributed by atoms with Crippen LogP contribution in [0.3, 0.4) is 0 Å². The second-order valence-corrected chi connectivity index (χ2v) is 7.51. The van der Waals surface area contributed by atoms with Crippen molar-refractivity contribution >= 4 is 35.0 Å². The van der Waals surface area contributed by atoms with Crippen LogP contribution in [0.25, 0.3) is 0 Å². The van der Waals surface area contributed by atoms with Gasteiger partial charge in [-0.3, -0.25) is 9.59 Å². The molecule has 4 rings (SSSR count). The Morgan fingerprint density at radius 3 is 2.35 bits per heavy atom. The molecule has 2 amide bonds. The van der Waals surface area contributed by atoms with Crippen molar-refractivity contribution in [2.24, 2.45) is 5.10 Å². The first-order valence-corrected chi connectivity index (χ1v) is 10.1. The first-order valence-electron chi connectivity index (χ1n) is 9.71. The third-order valence-corrected chi connectivity index (χ3v) is 5.26. The summed E-state index contributed by atoms with van der Waals surface area (Å²) in [5.41, 5.74) is 3.49. The molecule has 156 valence electrons. The average molecular weight is 434 g/mol. The molecule has 0 aliphatic carbocycles. The molecule has 0 saturated carbocycles. The number of amides is 2. The minimum Gasteiger partial charge on any atom is -0.446 e. The van der Waals surface area contributed by atoms with Crippen LogP contribution < -0.4 is 5.32 Å². The number of carbonyl (C=O) groups excluding carboxylic acids is 2. The fourth-order valence-corrected chi connectivity index (χ4v) is 3.51. The van der Waals surface area contributed by atoms with Crippen molar-refractivity contribution in [3.05, 3.63) is 100 Å². The van der Waals surface area contributed by atoms with E-state index in [0.29, 0.717) is 33.3 Å². The first-order chi connectivity index (χ1) is 14.9. The second kappa shape index (κ2) is 8.62. The van der Waals surface area contributed by atoms with E-state index in [9.17, 15) is 9.59 Å². The van der Waals surface area contributed by atoms with Crippen LogP contribution in [0.5, 0.6) is 0 Å². The van der Waals surface area contributed by atoms with Gasteiger partial charge in [0, 0.05) is 34.3 Å². The fraction of sp³-hybridized carbons (Fsp3) is 0.125. The van der Waals surface area contributed by atoms with Gasteiger partial charge in [-0.15, -0.1) is 5.10 Å². The third kappa shape index (κ3) is 4.29. The Bertz CT molecular complexity index is 1170. The molecule has 0 spiro atoms. The fourth-order valence-electron chi connectivity index (χ4n) is 3.28. The van der Waals surface area contributed by atoms with E-state index in [4.69, 9.17) is 16.3 Å². The Morgan fingerprint density at radius 1 is 1.00 bits per heavy atom. The van der Waals surface area contributed by atoms with E-state index < -0.39 is 6.23 Å². The highest BCUT2D eigenvalue weighted by Gasteiger charge is 2.34. The quantitative estimate of drug-likeness (QED) is 0.619. The molecule has 1 heterocycles. The van der Waals surface area contributed by atoms with Gasteiger partial charge in [-0.1, -0.05) is 48.0 Å². The molecule has 1 atom stereocenters. The summed E-state index contributed by atoms with van der Waals surface area (Å²) < 4.78 is 5.98. The van der Waals surface area contributed by atoms with E-state index in [0.717, 1.165) is 5.56 Å². The Labute approximate surface area is 185 Å². The maximum Gasteiger partial charge on any atom is 0.255 e. The summed E-state index contributed by atoms with van der Waals surface area (Å²) in [5, 5.41) is 8.98. The Morgan fingerprint density at radius 2 is 1.68 bits per heavy atom. The van der Waals surface area contributed by atoms with Crippen LogP contribution in [0.1, 0.15) is 40.2 Å². The zero-order valence-corrected chi connectivity index (χ0v) is 17.8. The van der Waals surface area contributed by atoms with E-state index in [1.54, 1.807) is 42.5 Å². The Kier molecular flexibility index (Phi) is 5.73. The zero-order valence-electron chi connectivity index (χ0n) is 17.0. The number of ether oxygens (including phenoxy) is 1. The van der Waals surface area contributed by atoms with Crippen molar-refractivity contribution in [1.29, 1.82) is 0 Å². The molecule has 1 aliphatic rings. The standard InChI is InChI=1S/C24H20ClN3O3/c1-15-7-3-4-8-19(15)22(30)26-18-13-11-17(12-14-18)23-27-28(16(2)29)24(31-23)20-9-5-6-10-21(20)25/h3-14,24H,1-2H3,(H,26,30). The lowest BCUT2D eigenvalue weighted by atomic mass is 10.1. The van der Waals surface area contributed by atoms with E-state index in [1.165, 1.54) is 11.9 Å². The van der Waals surface area contributed by atoms with Crippen LogP contribution in [0.15, 0.2) is 77.9 Å². The largest absolute Gasteiger partial charge is 0.446 e. The van der Waals surface area contributed by atoms with Gasteiger partial charge in [0.15, 0.2) is 0 Å². The van der Waals surface area contributed by atoms with Crippen molar-refractivity contribution < 1.29 is 14.3 Å². The molecule has 0 saturated heterocycles. The lowest BCUT2D eigenvalue weighted by Gasteiger charge is -2.20. The molecule has 7 heteroatoms. The van der Waals surface area contributed by atoms with Crippen molar-refractivity contribution in [2.45, 2.75) is 20.1 Å². The number of nitrogens with zero attached hydrogens (tertiary/aromatic N) is 2. The molecule has 1 unspecified atom stereocenters. The molecular formula is C24H20ClN3O3. The number of rotatable bonds is 4. The van der Waals surface area contributed by atoms with Crippen LogP contribution in [-0.4, -0.2) is 22.7 Å². The van der Waals surface area contributed by atoms with Crippen molar-refractivity contribution in [1.82, 2.24) is 5.01 Å². The average Bonchev–Trinajstić information content (AvgIpc) is 3.20. The molecule has 1 aliphatic heterocycles. The molecule has 3 aromatic carbocycles. The van der Waals surface area contributed by atoms with Gasteiger partial charge in [0.1, 0.15) is 0 Å². The summed E-state index contributed by atoms with van der Waals surface area (Å²) in [6, 6.07) is 21.6. The first kappa shape index (κ1) is 20.6. The van der Waals surface area contributed by atoms with Crippen LogP contribution >= 0.6 is 11.6 Å². The van der Waals surface area contributed by atoms with Crippen molar-refractivity contribution in [3.63, 3.8) is 0 Å². The van der Waals surface area contributed by atoms with Gasteiger partial charge in [-0.2, -0.15) is 5.01 Å². The van der Waals surface area contributed by atoms with Crippen LogP contribution in [0.4, 0.5) is 5.69 Å². The predicted octanol–water partition coefficient (Wildman–Crippen LogP) is 5.14. The summed E-state index contributed by atoms with van der Waals surface area (Å²) in [5.74, 6) is -0.138. The number of carbonyl (C=O) groups is 2. The van der Waals surface area contributed by atoms with E-state index in [2.05, 4.69) is 10.4 Å². The molecule has 0 bridgehead atoms. The van der Waals surface area contributed by atoms with Crippen LogP contribution in [0.2, 0.25) is 5.02 Å². The molecular weight excluding hydrogens is 414 g/mol. The summed E-state index contributed by atoms with van der Waals surface area (Å²) in [6.45, 7) is 3.31. The van der Waals surface area contributed by atoms with Gasteiger partial charge in [0.05, 0.1) is 0 Å². The third-order valence-electron chi connectivity index (χ3n) is 4.92. The second-order valence-electron chi connectivity index (χ2n) is 7.11. The van der Waals surface area contributed by atoms with Crippen molar-refractivity contribution in [3.8, 4) is 0 Å². The predicted molar refractivity (Wildman–Crippen MR) is 120 cm³/mol. The van der Waals surface area contributed by atoms with E-state index in [1.807, 2.05) is 37.3 Å². The number of halogens is 1. The molecule has 1 N–H and O–H groups in total. The summed E-state index contributed by atoms with van der Waals surface area (Å²) >= 11 is 6.29. The van der Waals surface area contributed by atoms with Crippen LogP contribution in [0, 0.1) is 6.92 Å². The lowest BCUT2D eigenvalue weighted by Crippen LogP contribution is -2.25. The number of nitrogens with one attached hydrogen (secondary N) is 1. The Balaban J connectivity index is 1.53. The molecule has 3 aromatic rings. The summed E-state index contributed by atoms with van der Waals surface area (Å²) in [7, 11) is 0. The van der Waals surface area contributed by atoms with Gasteiger partial charge in [-0.25, -0.2) is 0 Å². The highest BCUT2D eigenvalue weighted by molar-refractivity contribution is 6.31. The zero-order chi connectivity index (χ0) is 22.0. The number of benzene rings is 3. The Hall–Kier alpha value is -3.64. The minimum atomic E-state index is -0.735. The number of hydrogen-bond acceptors (Lipinski definition) is 4. The van der Waals surface area contributed by atoms with Gasteiger partial charge >= 0.3 is 0 Å². The summed E-state index contributed by atoms with van der Waals surface area (Å²) in [6.07, 6.45) is -0.735. The topological polar surface area (TPSA) is 71.0 Å². The SMILES string of the molecule is CC(=O)N1N=C(c2ccc(NC(=O)c3ccccc3C)cc2)OC1c1ccccc1Cl. The minimum absolute atomic E-state index is 0.179. The molecule has 0 aromatic heterocycles. The smallest absolute Gasteiger partial charge is 0.255 e. The molecule has 31 heavy (non-hydrogen) atoms. The van der Waals surface area contributed by atoms with E-state index in [-0.39, 0.29) is 11.8 Å². The lowest BCUT2D eigenvalue weighted by molar-refractivity contribution is -0.135. The molecule has 0 fully saturated rings. The van der Waals surface area contributed by atoms with Gasteiger partial charge in [0.2, 0.25) is 18.0 Å². The molecule has 0 radical (unpaired) electrons. The summed E-state index contributed by atoms with van der Waals surface area (Å²) in [4.78, 5) is 24.6. The van der Waals surface area contributed by atoms with Gasteiger partial charge in [0.25, 0.3) is 5.91 Å². The number of hydrogen-bond donors (Lipinski definition) is 1. The maximum atomic E-state index is 12.5. The number of anilines is 1. The van der Waals surface area contributed by atoms with Gasteiger partial charge in [-0.05, 0) is 48.9 Å². The number of aryl methyl sites for hydroxylation is 1. The maximum absolute atomic E-state index is 12.5. The normalized spacial score (nSPS) is 15.3. The van der Waals surface area contributed by atoms with Gasteiger partial charge < -0.3 is 10.1 Å². The highest BCUT2D eigenvalue weighted by atomic mass is 35.5. The van der Waals surface area contributed by atoms with Crippen LogP contribution in [-0.2, 0) is 9.53 Å². The number of hydrazone groups is 1. The van der Waals surface area contributed by atoms with Crippen molar-refractivity contribution in [2.75, 3.05) is 5.32 Å². The molecule has 6 nitrogen and oxygen atoms in total. The highest BCUT2D eigenvalue weighted by Crippen LogP contribution is 2.34. The monoisotopic (exact) mass is 433 g/mol.